The van der Waals surface area contributed by atoms with Crippen molar-refractivity contribution in [3.05, 3.63) is 58.5 Å². The van der Waals surface area contributed by atoms with Gasteiger partial charge in [0.25, 0.3) is 5.91 Å². The fourth-order valence-electron chi connectivity index (χ4n) is 4.05. The molecule has 6 nitrogen and oxygen atoms in total. The molecule has 0 bridgehead atoms. The van der Waals surface area contributed by atoms with Crippen LogP contribution in [-0.4, -0.2) is 22.9 Å². The minimum Gasteiger partial charge on any atom is -0.482 e. The maximum Gasteiger partial charge on any atom is 0.262 e. The molecule has 32 heavy (non-hydrogen) atoms. The summed E-state index contributed by atoms with van der Waals surface area (Å²) in [6, 6.07) is 12.1. The Morgan fingerprint density at radius 1 is 1.25 bits per heavy atom. The van der Waals surface area contributed by atoms with Gasteiger partial charge in [-0.15, -0.1) is 11.3 Å². The zero-order valence-corrected chi connectivity index (χ0v) is 18.5. The number of nitrogens with zero attached hydrogens (tertiary/aromatic N) is 3. The number of hydrogen-bond donors (Lipinski definition) is 1. The third-order valence-corrected chi connectivity index (χ3v) is 6.47. The van der Waals surface area contributed by atoms with Crippen LogP contribution in [0.1, 0.15) is 32.6 Å². The Morgan fingerprint density at radius 3 is 2.97 bits per heavy atom. The number of ether oxygens (including phenoxy) is 1. The first-order valence-corrected chi connectivity index (χ1v) is 11.6. The van der Waals surface area contributed by atoms with Gasteiger partial charge in [-0.1, -0.05) is 19.1 Å². The van der Waals surface area contributed by atoms with E-state index in [1.807, 2.05) is 23.6 Å². The Labute approximate surface area is 189 Å². The molecule has 2 heterocycles. The van der Waals surface area contributed by atoms with Gasteiger partial charge in [-0.25, -0.2) is 14.1 Å². The van der Waals surface area contributed by atoms with Crippen LogP contribution in [0.25, 0.3) is 11.3 Å². The number of anilines is 1. The molecular formula is C24H23FN4O2S. The average Bonchev–Trinajstić information content (AvgIpc) is 3.17. The second-order valence-electron chi connectivity index (χ2n) is 8.19. The second-order valence-corrected chi connectivity index (χ2v) is 9.03. The van der Waals surface area contributed by atoms with Crippen molar-refractivity contribution in [2.75, 3.05) is 11.9 Å². The monoisotopic (exact) mass is 450 g/mol. The van der Waals surface area contributed by atoms with Crippen molar-refractivity contribution < 1.29 is 13.9 Å². The fraction of sp³-hybridized carbons (Fsp3) is 0.292. The van der Waals surface area contributed by atoms with Crippen LogP contribution < -0.4 is 14.9 Å². The van der Waals surface area contributed by atoms with E-state index in [1.54, 1.807) is 22.9 Å². The Kier molecular flexibility index (Phi) is 5.61. The lowest BCUT2D eigenvalue weighted by atomic mass is 9.89. The highest BCUT2D eigenvalue weighted by Crippen LogP contribution is 2.33. The Hall–Kier alpha value is -3.26. The van der Waals surface area contributed by atoms with Crippen LogP contribution in [0.4, 0.5) is 15.8 Å². The molecule has 0 spiro atoms. The van der Waals surface area contributed by atoms with Gasteiger partial charge < -0.3 is 10.1 Å². The molecule has 164 valence electrons. The van der Waals surface area contributed by atoms with Crippen molar-refractivity contribution in [3.8, 4) is 17.0 Å². The molecule has 0 radical (unpaired) electrons. The van der Waals surface area contributed by atoms with Gasteiger partial charge in [0.1, 0.15) is 17.3 Å². The van der Waals surface area contributed by atoms with Crippen LogP contribution in [0, 0.1) is 11.7 Å². The van der Waals surface area contributed by atoms with Crippen molar-refractivity contribution in [2.45, 2.75) is 32.6 Å². The Morgan fingerprint density at radius 2 is 2.12 bits per heavy atom. The summed E-state index contributed by atoms with van der Waals surface area (Å²) in [5.74, 6) is 0.674. The summed E-state index contributed by atoms with van der Waals surface area (Å²) < 4.78 is 21.6. The van der Waals surface area contributed by atoms with Crippen LogP contribution in [0.15, 0.2) is 57.9 Å². The SMILES string of the molecule is CC1CCCC(=Nn2c(-c3ccc4c(c3)NC(=O)CO4)csc2=Nc2ccccc2F)C1. The quantitative estimate of drug-likeness (QED) is 0.586. The largest absolute Gasteiger partial charge is 0.482 e. The molecule has 2 aliphatic rings. The first-order chi connectivity index (χ1) is 15.6. The van der Waals surface area contributed by atoms with Gasteiger partial charge in [0.05, 0.1) is 11.4 Å². The molecule has 1 N–H and O–H groups in total. The number of carbonyl (C=O) groups excluding carboxylic acids is 1. The van der Waals surface area contributed by atoms with E-state index in [0.29, 0.717) is 22.2 Å². The third kappa shape index (κ3) is 4.23. The fourth-order valence-corrected chi connectivity index (χ4v) is 4.90. The summed E-state index contributed by atoms with van der Waals surface area (Å²) in [7, 11) is 0. The number of amides is 1. The number of thiazole rings is 1. The maximum atomic E-state index is 14.3. The Balaban J connectivity index is 1.64. The molecule has 1 unspecified atom stereocenters. The highest BCUT2D eigenvalue weighted by Gasteiger charge is 2.19. The van der Waals surface area contributed by atoms with Crippen LogP contribution >= 0.6 is 11.3 Å². The number of para-hydroxylation sites is 1. The van der Waals surface area contributed by atoms with Gasteiger partial charge in [-0.05, 0) is 61.9 Å². The Bertz CT molecular complexity index is 1280. The smallest absolute Gasteiger partial charge is 0.262 e. The summed E-state index contributed by atoms with van der Waals surface area (Å²) in [5.41, 5.74) is 3.72. The molecule has 3 aromatic rings. The second kappa shape index (κ2) is 8.70. The van der Waals surface area contributed by atoms with E-state index in [4.69, 9.17) is 9.84 Å². The molecular weight excluding hydrogens is 427 g/mol. The highest BCUT2D eigenvalue weighted by molar-refractivity contribution is 7.07. The third-order valence-electron chi connectivity index (χ3n) is 5.65. The molecule has 5 rings (SSSR count). The number of carbonyl (C=O) groups is 1. The van der Waals surface area contributed by atoms with E-state index in [-0.39, 0.29) is 24.0 Å². The minimum atomic E-state index is -0.374. The molecule has 1 amide bonds. The van der Waals surface area contributed by atoms with Crippen molar-refractivity contribution >= 4 is 34.3 Å². The van der Waals surface area contributed by atoms with E-state index in [0.717, 1.165) is 36.2 Å². The lowest BCUT2D eigenvalue weighted by Crippen LogP contribution is -2.25. The van der Waals surface area contributed by atoms with Crippen LogP contribution in [-0.2, 0) is 4.79 Å². The zero-order valence-electron chi connectivity index (χ0n) is 17.7. The number of fused-ring (bicyclic) bond motifs is 1. The van der Waals surface area contributed by atoms with Crippen LogP contribution in [0.5, 0.6) is 5.75 Å². The van der Waals surface area contributed by atoms with Gasteiger partial charge in [-0.3, -0.25) is 4.79 Å². The number of nitrogens with one attached hydrogen (secondary N) is 1. The highest BCUT2D eigenvalue weighted by atomic mass is 32.1. The van der Waals surface area contributed by atoms with Gasteiger partial charge in [0.2, 0.25) is 4.80 Å². The van der Waals surface area contributed by atoms with Gasteiger partial charge in [-0.2, -0.15) is 5.10 Å². The van der Waals surface area contributed by atoms with Gasteiger partial charge in [0, 0.05) is 16.7 Å². The molecule has 8 heteroatoms. The predicted molar refractivity (Wildman–Crippen MR) is 124 cm³/mol. The normalized spacial score (nSPS) is 20.1. The van der Waals surface area contributed by atoms with E-state index in [2.05, 4.69) is 17.2 Å². The molecule has 1 aliphatic heterocycles. The topological polar surface area (TPSA) is 68.0 Å². The standard InChI is InChI=1S/C24H23FN4O2S/c1-15-5-4-6-17(11-15)28-29-21(14-32-24(29)27-19-8-3-2-7-18(19)25)16-9-10-22-20(12-16)26-23(30)13-31-22/h2-3,7-10,12,14-15H,4-6,11,13H2,1H3,(H,26,30). The van der Waals surface area contributed by atoms with E-state index in [9.17, 15) is 9.18 Å². The summed E-state index contributed by atoms with van der Waals surface area (Å²) >= 11 is 1.41. The summed E-state index contributed by atoms with van der Waals surface area (Å²) in [5, 5.41) is 9.78. The first kappa shape index (κ1) is 20.6. The number of benzene rings is 2. The number of hydrogen-bond acceptors (Lipinski definition) is 5. The van der Waals surface area contributed by atoms with E-state index >= 15 is 0 Å². The van der Waals surface area contributed by atoms with Crippen LogP contribution in [0.3, 0.4) is 0 Å². The van der Waals surface area contributed by atoms with E-state index < -0.39 is 0 Å². The molecule has 2 aromatic carbocycles. The van der Waals surface area contributed by atoms with Gasteiger partial charge >= 0.3 is 0 Å². The summed E-state index contributed by atoms with van der Waals surface area (Å²) in [6.07, 6.45) is 4.20. The maximum absolute atomic E-state index is 14.3. The van der Waals surface area contributed by atoms with Crippen LogP contribution in [0.2, 0.25) is 0 Å². The van der Waals surface area contributed by atoms with Crippen molar-refractivity contribution in [2.24, 2.45) is 16.0 Å². The first-order valence-electron chi connectivity index (χ1n) is 10.7. The molecule has 1 fully saturated rings. The van der Waals surface area contributed by atoms with E-state index in [1.165, 1.54) is 23.8 Å². The van der Waals surface area contributed by atoms with Crippen molar-refractivity contribution in [3.63, 3.8) is 0 Å². The van der Waals surface area contributed by atoms with Crippen molar-refractivity contribution in [1.29, 1.82) is 0 Å². The molecule has 1 saturated carbocycles. The zero-order chi connectivity index (χ0) is 22.1. The lowest BCUT2D eigenvalue weighted by molar-refractivity contribution is -0.118. The number of halogens is 1. The molecule has 0 saturated heterocycles. The lowest BCUT2D eigenvalue weighted by Gasteiger charge is -2.20. The summed E-state index contributed by atoms with van der Waals surface area (Å²) in [4.78, 5) is 16.9. The molecule has 1 atom stereocenters. The number of aromatic nitrogens is 1. The number of rotatable bonds is 3. The summed E-state index contributed by atoms with van der Waals surface area (Å²) in [6.45, 7) is 2.26. The van der Waals surface area contributed by atoms with Gasteiger partial charge in [0.15, 0.2) is 6.61 Å². The predicted octanol–water partition coefficient (Wildman–Crippen LogP) is 5.33. The van der Waals surface area contributed by atoms with Crippen molar-refractivity contribution in [1.82, 2.24) is 4.68 Å². The molecule has 1 aromatic heterocycles. The molecule has 1 aliphatic carbocycles. The minimum absolute atomic E-state index is 0.0162. The average molecular weight is 451 g/mol.